The zero-order valence-electron chi connectivity index (χ0n) is 20.9. The molecular formula is C30H31F2N3O2. The van der Waals surface area contributed by atoms with Crippen molar-refractivity contribution in [1.29, 1.82) is 0 Å². The summed E-state index contributed by atoms with van der Waals surface area (Å²) < 4.78 is 28.8. The van der Waals surface area contributed by atoms with Gasteiger partial charge in [0.2, 0.25) is 0 Å². The molecule has 1 fully saturated rings. The van der Waals surface area contributed by atoms with E-state index in [1.54, 1.807) is 22.9 Å². The van der Waals surface area contributed by atoms with Gasteiger partial charge in [0.25, 0.3) is 0 Å². The summed E-state index contributed by atoms with van der Waals surface area (Å²) in [5.74, 6) is -1.12. The SMILES string of the molecule is CN(C(=O)N1CC(c2cc(F)ccc2F)=CC1(CO)c1ccccc1)C1CCN(Cc2ccccc2)C1. The van der Waals surface area contributed by atoms with Gasteiger partial charge in [0.15, 0.2) is 0 Å². The van der Waals surface area contributed by atoms with E-state index in [4.69, 9.17) is 0 Å². The normalized spacial score (nSPS) is 21.8. The topological polar surface area (TPSA) is 47.0 Å². The highest BCUT2D eigenvalue weighted by atomic mass is 19.1. The van der Waals surface area contributed by atoms with Crippen LogP contribution in [-0.2, 0) is 12.1 Å². The second kappa shape index (κ2) is 10.4. The lowest BCUT2D eigenvalue weighted by atomic mass is 9.89. The van der Waals surface area contributed by atoms with E-state index in [0.717, 1.165) is 44.3 Å². The number of aliphatic hydroxyl groups excluding tert-OH is 1. The minimum Gasteiger partial charge on any atom is -0.393 e. The van der Waals surface area contributed by atoms with Gasteiger partial charge < -0.3 is 14.9 Å². The summed E-state index contributed by atoms with van der Waals surface area (Å²) >= 11 is 0. The number of carbonyl (C=O) groups is 1. The summed E-state index contributed by atoms with van der Waals surface area (Å²) in [6.07, 6.45) is 2.54. The van der Waals surface area contributed by atoms with Gasteiger partial charge in [-0.25, -0.2) is 13.6 Å². The lowest BCUT2D eigenvalue weighted by molar-refractivity contribution is 0.0797. The van der Waals surface area contributed by atoms with Gasteiger partial charge in [-0.1, -0.05) is 60.7 Å². The molecule has 2 aliphatic heterocycles. The van der Waals surface area contributed by atoms with Crippen LogP contribution in [0.5, 0.6) is 0 Å². The number of halogens is 2. The molecular weight excluding hydrogens is 472 g/mol. The maximum absolute atomic E-state index is 14.7. The quantitative estimate of drug-likeness (QED) is 0.522. The van der Waals surface area contributed by atoms with E-state index in [-0.39, 0.29) is 30.8 Å². The molecule has 5 nitrogen and oxygen atoms in total. The molecule has 0 saturated carbocycles. The maximum atomic E-state index is 14.7. The number of carbonyl (C=O) groups excluding carboxylic acids is 1. The van der Waals surface area contributed by atoms with Crippen molar-refractivity contribution < 1.29 is 18.7 Å². The average Bonchev–Trinajstić information content (AvgIpc) is 3.56. The Bertz CT molecular complexity index is 1280. The van der Waals surface area contributed by atoms with Crippen molar-refractivity contribution in [3.63, 3.8) is 0 Å². The fourth-order valence-electron chi connectivity index (χ4n) is 5.52. The number of urea groups is 1. The van der Waals surface area contributed by atoms with E-state index >= 15 is 0 Å². The number of rotatable bonds is 6. The second-order valence-corrected chi connectivity index (χ2v) is 9.88. The van der Waals surface area contributed by atoms with Crippen molar-refractivity contribution in [2.75, 3.05) is 33.3 Å². The van der Waals surface area contributed by atoms with Crippen LogP contribution in [0.4, 0.5) is 13.6 Å². The van der Waals surface area contributed by atoms with Gasteiger partial charge in [0.1, 0.15) is 17.2 Å². The van der Waals surface area contributed by atoms with Crippen LogP contribution in [-0.4, -0.2) is 65.2 Å². The van der Waals surface area contributed by atoms with Crippen molar-refractivity contribution in [2.24, 2.45) is 0 Å². The highest BCUT2D eigenvalue weighted by Crippen LogP contribution is 2.41. The fourth-order valence-corrected chi connectivity index (χ4v) is 5.52. The molecule has 192 valence electrons. The molecule has 37 heavy (non-hydrogen) atoms. The molecule has 2 heterocycles. The van der Waals surface area contributed by atoms with E-state index in [2.05, 4.69) is 17.0 Å². The summed E-state index contributed by atoms with van der Waals surface area (Å²) in [4.78, 5) is 19.6. The van der Waals surface area contributed by atoms with Crippen LogP contribution in [0.3, 0.4) is 0 Å². The van der Waals surface area contributed by atoms with Gasteiger partial charge >= 0.3 is 6.03 Å². The molecule has 0 spiro atoms. The standard InChI is InChI=1S/C30H31F2N3O2/c1-33(26-14-15-34(20-26)18-22-8-4-2-5-9-22)29(37)35-19-23(27-16-25(31)12-13-28(27)32)17-30(35,21-36)24-10-6-3-7-11-24/h2-13,16-17,26,36H,14-15,18-21H2,1H3. The van der Waals surface area contributed by atoms with Gasteiger partial charge in [-0.05, 0) is 47.4 Å². The molecule has 0 radical (unpaired) electrons. The Labute approximate surface area is 216 Å². The Hall–Kier alpha value is -3.55. The van der Waals surface area contributed by atoms with Crippen LogP contribution in [0.2, 0.25) is 0 Å². The number of likely N-dealkylation sites (N-methyl/N-ethyl adjacent to an activating group) is 1. The molecule has 2 atom stereocenters. The largest absolute Gasteiger partial charge is 0.393 e. The van der Waals surface area contributed by atoms with Crippen LogP contribution in [0.25, 0.3) is 5.57 Å². The smallest absolute Gasteiger partial charge is 0.321 e. The monoisotopic (exact) mass is 503 g/mol. The third-order valence-corrected chi connectivity index (χ3v) is 7.59. The van der Waals surface area contributed by atoms with Crippen LogP contribution in [0.1, 0.15) is 23.1 Å². The Morgan fingerprint density at radius 3 is 2.46 bits per heavy atom. The molecule has 7 heteroatoms. The number of hydrogen-bond donors (Lipinski definition) is 1. The molecule has 0 aliphatic carbocycles. The zero-order chi connectivity index (χ0) is 26.0. The molecule has 1 saturated heterocycles. The summed E-state index contributed by atoms with van der Waals surface area (Å²) in [7, 11) is 1.78. The molecule has 5 rings (SSSR count). The van der Waals surface area contributed by atoms with Crippen molar-refractivity contribution >= 4 is 11.6 Å². The molecule has 0 bridgehead atoms. The van der Waals surface area contributed by atoms with Gasteiger partial charge in [0.05, 0.1) is 6.61 Å². The van der Waals surface area contributed by atoms with E-state index in [1.807, 2.05) is 48.5 Å². The molecule has 2 aliphatic rings. The molecule has 0 aromatic heterocycles. The minimum atomic E-state index is -1.19. The summed E-state index contributed by atoms with van der Waals surface area (Å²) in [5.41, 5.74) is 1.31. The first-order valence-electron chi connectivity index (χ1n) is 12.6. The third-order valence-electron chi connectivity index (χ3n) is 7.59. The zero-order valence-corrected chi connectivity index (χ0v) is 20.9. The second-order valence-electron chi connectivity index (χ2n) is 9.88. The molecule has 2 amide bonds. The Morgan fingerprint density at radius 2 is 1.76 bits per heavy atom. The van der Waals surface area contributed by atoms with Crippen molar-refractivity contribution in [2.45, 2.75) is 24.5 Å². The van der Waals surface area contributed by atoms with Crippen LogP contribution >= 0.6 is 0 Å². The first kappa shape index (κ1) is 25.1. The van der Waals surface area contributed by atoms with E-state index in [1.165, 1.54) is 5.56 Å². The number of amides is 2. The number of nitrogens with zero attached hydrogens (tertiary/aromatic N) is 3. The summed E-state index contributed by atoms with van der Waals surface area (Å²) in [6.45, 7) is 2.10. The van der Waals surface area contributed by atoms with Gasteiger partial charge in [-0.15, -0.1) is 0 Å². The Balaban J connectivity index is 1.42. The molecule has 2 unspecified atom stereocenters. The highest BCUT2D eigenvalue weighted by molar-refractivity contribution is 5.83. The van der Waals surface area contributed by atoms with E-state index < -0.39 is 17.2 Å². The van der Waals surface area contributed by atoms with Gasteiger partial charge in [-0.2, -0.15) is 0 Å². The maximum Gasteiger partial charge on any atom is 0.321 e. The highest BCUT2D eigenvalue weighted by Gasteiger charge is 2.46. The molecule has 3 aromatic carbocycles. The number of aliphatic hydroxyl groups is 1. The lowest BCUT2D eigenvalue weighted by Gasteiger charge is -2.40. The predicted molar refractivity (Wildman–Crippen MR) is 140 cm³/mol. The molecule has 3 aromatic rings. The summed E-state index contributed by atoms with van der Waals surface area (Å²) in [6, 6.07) is 22.5. The van der Waals surface area contributed by atoms with Gasteiger partial charge in [0, 0.05) is 44.8 Å². The van der Waals surface area contributed by atoms with E-state index in [0.29, 0.717) is 11.1 Å². The van der Waals surface area contributed by atoms with Crippen molar-refractivity contribution in [3.8, 4) is 0 Å². The lowest BCUT2D eigenvalue weighted by Crippen LogP contribution is -2.54. The van der Waals surface area contributed by atoms with Crippen LogP contribution < -0.4 is 0 Å². The number of benzene rings is 3. The van der Waals surface area contributed by atoms with Gasteiger partial charge in [-0.3, -0.25) is 4.90 Å². The first-order chi connectivity index (χ1) is 17.9. The third kappa shape index (κ3) is 4.89. The van der Waals surface area contributed by atoms with E-state index in [9.17, 15) is 18.7 Å². The van der Waals surface area contributed by atoms with Crippen molar-refractivity contribution in [1.82, 2.24) is 14.7 Å². The van der Waals surface area contributed by atoms with Crippen LogP contribution in [0.15, 0.2) is 84.9 Å². The number of hydrogen-bond acceptors (Lipinski definition) is 3. The fraction of sp³-hybridized carbons (Fsp3) is 0.300. The average molecular weight is 504 g/mol. The van der Waals surface area contributed by atoms with Crippen molar-refractivity contribution in [3.05, 3.63) is 113 Å². The predicted octanol–water partition coefficient (Wildman–Crippen LogP) is 4.88. The Kier molecular flexibility index (Phi) is 7.09. The first-order valence-corrected chi connectivity index (χ1v) is 12.6. The number of likely N-dealkylation sites (tertiary alicyclic amines) is 1. The summed E-state index contributed by atoms with van der Waals surface area (Å²) in [5, 5.41) is 10.7. The molecule has 1 N–H and O–H groups in total. The van der Waals surface area contributed by atoms with Crippen LogP contribution in [0, 0.1) is 11.6 Å². The Morgan fingerprint density at radius 1 is 1.05 bits per heavy atom. The minimum absolute atomic E-state index is 0.00154.